The Balaban J connectivity index is 1.99. The number of imidazole rings is 1. The molecule has 0 saturated heterocycles. The van der Waals surface area contributed by atoms with Crippen molar-refractivity contribution < 1.29 is 4.39 Å². The molecule has 0 N–H and O–H groups in total. The zero-order valence-corrected chi connectivity index (χ0v) is 10.5. The summed E-state index contributed by atoms with van der Waals surface area (Å²) in [5, 5.41) is 0. The lowest BCUT2D eigenvalue weighted by molar-refractivity contribution is 0.627. The zero-order valence-electron chi connectivity index (χ0n) is 10.5. The summed E-state index contributed by atoms with van der Waals surface area (Å²) in [4.78, 5) is 4.53. The van der Waals surface area contributed by atoms with Crippen LogP contribution >= 0.6 is 0 Å². The van der Waals surface area contributed by atoms with Crippen LogP contribution in [0.3, 0.4) is 0 Å². The minimum atomic E-state index is -0.229. The second kappa shape index (κ2) is 4.69. The second-order valence-corrected chi connectivity index (χ2v) is 4.41. The van der Waals surface area contributed by atoms with Crippen molar-refractivity contribution in [3.05, 3.63) is 65.7 Å². The molecule has 3 heteroatoms. The highest BCUT2D eigenvalue weighted by Gasteiger charge is 2.03. The molecule has 2 nitrogen and oxygen atoms in total. The van der Waals surface area contributed by atoms with Gasteiger partial charge in [0.05, 0.1) is 11.0 Å². The molecule has 0 amide bonds. The summed E-state index contributed by atoms with van der Waals surface area (Å²) in [6.07, 6.45) is 3.76. The number of hydrogen-bond donors (Lipinski definition) is 0. The van der Waals surface area contributed by atoms with Crippen LogP contribution in [0.2, 0.25) is 0 Å². The van der Waals surface area contributed by atoms with Crippen molar-refractivity contribution in [1.29, 1.82) is 0 Å². The Bertz CT molecular complexity index is 756. The third-order valence-corrected chi connectivity index (χ3v) is 3.10. The largest absolute Gasteiger partial charge is 0.328 e. The Hall–Kier alpha value is -2.42. The van der Waals surface area contributed by atoms with Gasteiger partial charge in [0.25, 0.3) is 0 Å². The number of para-hydroxylation sites is 2. The Kier molecular flexibility index (Phi) is 2.88. The number of halogens is 1. The molecule has 94 valence electrons. The molecule has 0 radical (unpaired) electrons. The first kappa shape index (κ1) is 11.7. The van der Waals surface area contributed by atoms with Gasteiger partial charge in [0.1, 0.15) is 11.6 Å². The van der Waals surface area contributed by atoms with Crippen LogP contribution in [0.4, 0.5) is 4.39 Å². The quantitative estimate of drug-likeness (QED) is 0.676. The lowest BCUT2D eigenvalue weighted by Gasteiger charge is -1.97. The summed E-state index contributed by atoms with van der Waals surface area (Å²) in [6.45, 7) is 0. The fourth-order valence-electron chi connectivity index (χ4n) is 2.09. The molecule has 0 atom stereocenters. The van der Waals surface area contributed by atoms with E-state index in [1.807, 2.05) is 54.1 Å². The van der Waals surface area contributed by atoms with Crippen molar-refractivity contribution in [2.45, 2.75) is 0 Å². The van der Waals surface area contributed by atoms with E-state index in [1.54, 1.807) is 6.07 Å². The molecule has 0 aliphatic rings. The number of aromatic nitrogens is 2. The molecule has 1 heterocycles. The van der Waals surface area contributed by atoms with E-state index in [0.29, 0.717) is 0 Å². The molecule has 3 aromatic rings. The first-order valence-corrected chi connectivity index (χ1v) is 6.09. The average molecular weight is 252 g/mol. The summed E-state index contributed by atoms with van der Waals surface area (Å²) in [5.74, 6) is 0.623. The minimum Gasteiger partial charge on any atom is -0.328 e. The van der Waals surface area contributed by atoms with Crippen molar-refractivity contribution in [3.63, 3.8) is 0 Å². The molecule has 1 aromatic heterocycles. The Labute approximate surface area is 110 Å². The van der Waals surface area contributed by atoms with Crippen molar-refractivity contribution >= 4 is 23.2 Å². The van der Waals surface area contributed by atoms with Gasteiger partial charge in [-0.25, -0.2) is 9.37 Å². The average Bonchev–Trinajstić information content (AvgIpc) is 2.74. The van der Waals surface area contributed by atoms with Crippen LogP contribution in [0.15, 0.2) is 48.5 Å². The second-order valence-electron chi connectivity index (χ2n) is 4.41. The third-order valence-electron chi connectivity index (χ3n) is 3.10. The van der Waals surface area contributed by atoms with Gasteiger partial charge < -0.3 is 4.57 Å². The van der Waals surface area contributed by atoms with Gasteiger partial charge in [-0.1, -0.05) is 30.3 Å². The van der Waals surface area contributed by atoms with E-state index < -0.39 is 0 Å². The number of nitrogens with zero attached hydrogens (tertiary/aromatic N) is 2. The van der Waals surface area contributed by atoms with Gasteiger partial charge in [-0.05, 0) is 35.9 Å². The molecule has 2 aromatic carbocycles. The third kappa shape index (κ3) is 2.27. The lowest BCUT2D eigenvalue weighted by Crippen LogP contribution is -1.90. The van der Waals surface area contributed by atoms with E-state index in [9.17, 15) is 4.39 Å². The van der Waals surface area contributed by atoms with Crippen LogP contribution < -0.4 is 0 Å². The van der Waals surface area contributed by atoms with Gasteiger partial charge in [0.15, 0.2) is 0 Å². The Morgan fingerprint density at radius 2 is 1.89 bits per heavy atom. The van der Waals surface area contributed by atoms with Crippen LogP contribution in [-0.2, 0) is 7.05 Å². The molecule has 0 spiro atoms. The predicted octanol–water partition coefficient (Wildman–Crippen LogP) is 3.88. The number of aryl methyl sites for hydroxylation is 1. The normalized spacial score (nSPS) is 11.5. The molecule has 0 bridgehead atoms. The fourth-order valence-corrected chi connectivity index (χ4v) is 2.09. The maximum atomic E-state index is 13.1. The molecule has 3 rings (SSSR count). The van der Waals surface area contributed by atoms with Crippen molar-refractivity contribution in [1.82, 2.24) is 9.55 Å². The van der Waals surface area contributed by atoms with E-state index in [2.05, 4.69) is 4.98 Å². The van der Waals surface area contributed by atoms with Gasteiger partial charge >= 0.3 is 0 Å². The molecule has 0 fully saturated rings. The maximum absolute atomic E-state index is 13.1. The van der Waals surface area contributed by atoms with E-state index in [0.717, 1.165) is 22.4 Å². The standard InChI is InChI=1S/C16H13FN2/c1-19-15-8-3-2-7-14(15)18-16(19)10-9-12-5-4-6-13(17)11-12/h2-11H,1H3/b10-9+. The number of fused-ring (bicyclic) bond motifs is 1. The van der Waals surface area contributed by atoms with Crippen molar-refractivity contribution in [3.8, 4) is 0 Å². The van der Waals surface area contributed by atoms with Gasteiger partial charge in [0.2, 0.25) is 0 Å². The number of rotatable bonds is 2. The first-order valence-electron chi connectivity index (χ1n) is 6.09. The van der Waals surface area contributed by atoms with E-state index in [-0.39, 0.29) is 5.82 Å². The Morgan fingerprint density at radius 3 is 2.68 bits per heavy atom. The minimum absolute atomic E-state index is 0.229. The van der Waals surface area contributed by atoms with E-state index >= 15 is 0 Å². The van der Waals surface area contributed by atoms with Gasteiger partial charge in [-0.15, -0.1) is 0 Å². The predicted molar refractivity (Wildman–Crippen MR) is 76.0 cm³/mol. The monoisotopic (exact) mass is 252 g/mol. The summed E-state index contributed by atoms with van der Waals surface area (Å²) >= 11 is 0. The highest BCUT2D eigenvalue weighted by Crippen LogP contribution is 2.16. The maximum Gasteiger partial charge on any atom is 0.133 e. The molecule has 0 unspecified atom stereocenters. The summed E-state index contributed by atoms with van der Waals surface area (Å²) in [5.41, 5.74) is 2.87. The van der Waals surface area contributed by atoms with Gasteiger partial charge in [-0.2, -0.15) is 0 Å². The summed E-state index contributed by atoms with van der Waals surface area (Å²) in [6, 6.07) is 14.5. The highest BCUT2D eigenvalue weighted by molar-refractivity contribution is 5.79. The molecule has 19 heavy (non-hydrogen) atoms. The van der Waals surface area contributed by atoms with E-state index in [1.165, 1.54) is 12.1 Å². The fraction of sp³-hybridized carbons (Fsp3) is 0.0625. The number of benzene rings is 2. The molecule has 0 aliphatic carbocycles. The zero-order chi connectivity index (χ0) is 13.2. The molecule has 0 saturated carbocycles. The van der Waals surface area contributed by atoms with Crippen LogP contribution in [0.5, 0.6) is 0 Å². The van der Waals surface area contributed by atoms with Crippen LogP contribution in [0.1, 0.15) is 11.4 Å². The first-order chi connectivity index (χ1) is 9.24. The van der Waals surface area contributed by atoms with Crippen molar-refractivity contribution in [2.75, 3.05) is 0 Å². The van der Waals surface area contributed by atoms with Crippen LogP contribution in [0, 0.1) is 5.82 Å². The van der Waals surface area contributed by atoms with E-state index in [4.69, 9.17) is 0 Å². The molecule has 0 aliphatic heterocycles. The highest BCUT2D eigenvalue weighted by atomic mass is 19.1. The van der Waals surface area contributed by atoms with Crippen LogP contribution in [0.25, 0.3) is 23.2 Å². The smallest absolute Gasteiger partial charge is 0.133 e. The molecular formula is C16H13FN2. The SMILES string of the molecule is Cn1c(/C=C/c2cccc(F)c2)nc2ccccc21. The summed E-state index contributed by atoms with van der Waals surface area (Å²) in [7, 11) is 1.97. The Morgan fingerprint density at radius 1 is 1.05 bits per heavy atom. The summed E-state index contributed by atoms with van der Waals surface area (Å²) < 4.78 is 15.1. The van der Waals surface area contributed by atoms with Crippen LogP contribution in [-0.4, -0.2) is 9.55 Å². The topological polar surface area (TPSA) is 17.8 Å². The van der Waals surface area contributed by atoms with Crippen molar-refractivity contribution in [2.24, 2.45) is 7.05 Å². The number of hydrogen-bond acceptors (Lipinski definition) is 1. The lowest BCUT2D eigenvalue weighted by atomic mass is 10.2. The molecular weight excluding hydrogens is 239 g/mol. The van der Waals surface area contributed by atoms with Gasteiger partial charge in [0, 0.05) is 7.05 Å². The van der Waals surface area contributed by atoms with Gasteiger partial charge in [-0.3, -0.25) is 0 Å².